The van der Waals surface area contributed by atoms with Crippen molar-refractivity contribution in [2.45, 2.75) is 19.6 Å². The molecule has 7 nitrogen and oxygen atoms in total. The lowest BCUT2D eigenvalue weighted by Gasteiger charge is -2.25. The van der Waals surface area contributed by atoms with E-state index in [0.717, 1.165) is 5.56 Å². The molecule has 1 unspecified atom stereocenters. The number of nitrogens with zero attached hydrogens (tertiary/aromatic N) is 1. The molecular weight excluding hydrogens is 494 g/mol. The quantitative estimate of drug-likeness (QED) is 0.233. The molecule has 1 amide bonds. The van der Waals surface area contributed by atoms with Crippen molar-refractivity contribution in [3.05, 3.63) is 99.6 Å². The zero-order valence-electron chi connectivity index (χ0n) is 20.9. The molecule has 1 saturated heterocycles. The molecule has 4 rings (SSSR count). The smallest absolute Gasteiger partial charge is 0.295 e. The van der Waals surface area contributed by atoms with E-state index in [2.05, 4.69) is 0 Å². The summed E-state index contributed by atoms with van der Waals surface area (Å²) in [5.41, 5.74) is 3.16. The van der Waals surface area contributed by atoms with Gasteiger partial charge in [0.15, 0.2) is 0 Å². The van der Waals surface area contributed by atoms with E-state index in [1.807, 2.05) is 31.2 Å². The van der Waals surface area contributed by atoms with Gasteiger partial charge >= 0.3 is 0 Å². The molecule has 0 aromatic heterocycles. The van der Waals surface area contributed by atoms with Gasteiger partial charge in [-0.1, -0.05) is 53.6 Å². The number of carbonyl (C=O) groups is 2. The Labute approximate surface area is 220 Å². The zero-order chi connectivity index (χ0) is 26.5. The van der Waals surface area contributed by atoms with Crippen molar-refractivity contribution in [2.24, 2.45) is 0 Å². The summed E-state index contributed by atoms with van der Waals surface area (Å²) in [5.74, 6) is -0.725. The molecule has 1 N–H and O–H groups in total. The Morgan fingerprint density at radius 1 is 1.00 bits per heavy atom. The van der Waals surface area contributed by atoms with E-state index in [-0.39, 0.29) is 29.5 Å². The van der Waals surface area contributed by atoms with Crippen molar-refractivity contribution >= 4 is 29.1 Å². The van der Waals surface area contributed by atoms with Gasteiger partial charge in [-0.3, -0.25) is 9.59 Å². The van der Waals surface area contributed by atoms with Crippen molar-refractivity contribution in [2.75, 3.05) is 27.4 Å². The molecule has 0 spiro atoms. The van der Waals surface area contributed by atoms with E-state index in [0.29, 0.717) is 29.2 Å². The standard InChI is InChI=1S/C29H28ClNO6/c1-18-4-6-19(7-5-18)17-37-22-11-8-20(9-12-22)26-25(28(33)29(34)31(26)14-15-35-2)27(32)21-10-13-24(36-3)23(30)16-21/h4-13,16,26,32H,14-15,17H2,1-3H3/b27-25-. The second-order valence-electron chi connectivity index (χ2n) is 8.68. The molecule has 3 aromatic rings. The van der Waals surface area contributed by atoms with Crippen molar-refractivity contribution in [1.29, 1.82) is 0 Å². The van der Waals surface area contributed by atoms with E-state index in [4.69, 9.17) is 25.8 Å². The number of likely N-dealkylation sites (tertiary alicyclic amines) is 1. The van der Waals surface area contributed by atoms with Gasteiger partial charge in [0, 0.05) is 19.2 Å². The summed E-state index contributed by atoms with van der Waals surface area (Å²) in [7, 11) is 3.00. The molecule has 0 bridgehead atoms. The minimum atomic E-state index is -0.804. The third kappa shape index (κ3) is 5.63. The number of carbonyl (C=O) groups excluding carboxylic acids is 2. The maximum Gasteiger partial charge on any atom is 0.295 e. The first-order valence-electron chi connectivity index (χ1n) is 11.7. The minimum absolute atomic E-state index is 0.0179. The Morgan fingerprint density at radius 3 is 2.32 bits per heavy atom. The molecular formula is C29H28ClNO6. The number of amides is 1. The molecule has 1 atom stereocenters. The Kier molecular flexibility index (Phi) is 8.16. The van der Waals surface area contributed by atoms with Gasteiger partial charge in [0.25, 0.3) is 11.7 Å². The van der Waals surface area contributed by atoms with Crippen LogP contribution in [0.5, 0.6) is 11.5 Å². The number of ketones is 1. The van der Waals surface area contributed by atoms with Gasteiger partial charge in [-0.25, -0.2) is 0 Å². The highest BCUT2D eigenvalue weighted by molar-refractivity contribution is 6.46. The number of benzene rings is 3. The fourth-order valence-electron chi connectivity index (χ4n) is 4.21. The first-order chi connectivity index (χ1) is 17.8. The molecule has 8 heteroatoms. The maximum absolute atomic E-state index is 13.1. The van der Waals surface area contributed by atoms with Crippen LogP contribution in [0.15, 0.2) is 72.3 Å². The fraction of sp³-hybridized carbons (Fsp3) is 0.241. The van der Waals surface area contributed by atoms with E-state index >= 15 is 0 Å². The molecule has 1 fully saturated rings. The van der Waals surface area contributed by atoms with Crippen molar-refractivity contribution in [1.82, 2.24) is 4.90 Å². The number of ether oxygens (including phenoxy) is 3. The van der Waals surface area contributed by atoms with Gasteiger partial charge in [-0.05, 0) is 48.4 Å². The highest BCUT2D eigenvalue weighted by Crippen LogP contribution is 2.40. The van der Waals surface area contributed by atoms with Crippen LogP contribution in [0.25, 0.3) is 5.76 Å². The molecule has 0 saturated carbocycles. The lowest BCUT2D eigenvalue weighted by molar-refractivity contribution is -0.140. The first kappa shape index (κ1) is 26.3. The number of aryl methyl sites for hydroxylation is 1. The van der Waals surface area contributed by atoms with Gasteiger partial charge in [0.1, 0.15) is 23.9 Å². The predicted octanol–water partition coefficient (Wildman–Crippen LogP) is 5.30. The average molecular weight is 522 g/mol. The first-order valence-corrected chi connectivity index (χ1v) is 12.1. The number of hydrogen-bond acceptors (Lipinski definition) is 6. The molecule has 1 heterocycles. The monoisotopic (exact) mass is 521 g/mol. The summed E-state index contributed by atoms with van der Waals surface area (Å²) in [6.07, 6.45) is 0. The molecule has 192 valence electrons. The predicted molar refractivity (Wildman–Crippen MR) is 141 cm³/mol. The number of halogens is 1. The number of aliphatic hydroxyl groups is 1. The van der Waals surface area contributed by atoms with Crippen molar-refractivity contribution < 1.29 is 28.9 Å². The summed E-state index contributed by atoms with van der Waals surface area (Å²) in [6, 6.07) is 19.1. The SMILES string of the molecule is COCCN1C(=O)C(=O)/C(=C(\O)c2ccc(OC)c(Cl)c2)C1c1ccc(OCc2ccc(C)cc2)cc1. The van der Waals surface area contributed by atoms with Gasteiger partial charge in [-0.2, -0.15) is 0 Å². The molecule has 0 radical (unpaired) electrons. The summed E-state index contributed by atoms with van der Waals surface area (Å²) in [6.45, 7) is 2.85. The third-order valence-corrected chi connectivity index (χ3v) is 6.52. The Morgan fingerprint density at radius 2 is 1.70 bits per heavy atom. The van der Waals surface area contributed by atoms with E-state index in [1.54, 1.807) is 36.4 Å². The lowest BCUT2D eigenvalue weighted by atomic mass is 9.95. The second-order valence-corrected chi connectivity index (χ2v) is 9.09. The van der Waals surface area contributed by atoms with Crippen LogP contribution in [-0.4, -0.2) is 49.1 Å². The van der Waals surface area contributed by atoms with Crippen LogP contribution in [0.4, 0.5) is 0 Å². The Bertz CT molecular complexity index is 1320. The van der Waals surface area contributed by atoms with Crippen LogP contribution < -0.4 is 9.47 Å². The largest absolute Gasteiger partial charge is 0.507 e. The van der Waals surface area contributed by atoms with E-state index < -0.39 is 17.7 Å². The van der Waals surface area contributed by atoms with Gasteiger partial charge < -0.3 is 24.2 Å². The minimum Gasteiger partial charge on any atom is -0.507 e. The number of Topliss-reactive ketones (excluding diaryl/α,β-unsaturated/α-hetero) is 1. The number of aliphatic hydroxyl groups excluding tert-OH is 1. The average Bonchev–Trinajstić information content (AvgIpc) is 3.16. The highest BCUT2D eigenvalue weighted by atomic mass is 35.5. The highest BCUT2D eigenvalue weighted by Gasteiger charge is 2.45. The van der Waals surface area contributed by atoms with Crippen LogP contribution in [-0.2, 0) is 20.9 Å². The summed E-state index contributed by atoms with van der Waals surface area (Å²) in [5, 5.41) is 11.5. The second kappa shape index (κ2) is 11.5. The molecule has 0 aliphatic carbocycles. The molecule has 1 aliphatic heterocycles. The van der Waals surface area contributed by atoms with Crippen LogP contribution in [0.1, 0.15) is 28.3 Å². The van der Waals surface area contributed by atoms with Crippen molar-refractivity contribution in [3.63, 3.8) is 0 Å². The van der Waals surface area contributed by atoms with Crippen LogP contribution in [0.3, 0.4) is 0 Å². The maximum atomic E-state index is 13.1. The van der Waals surface area contributed by atoms with Crippen LogP contribution in [0.2, 0.25) is 5.02 Å². The van der Waals surface area contributed by atoms with Gasteiger partial charge in [0.2, 0.25) is 0 Å². The lowest BCUT2D eigenvalue weighted by Crippen LogP contribution is -2.32. The summed E-state index contributed by atoms with van der Waals surface area (Å²) >= 11 is 6.24. The third-order valence-electron chi connectivity index (χ3n) is 6.22. The van der Waals surface area contributed by atoms with E-state index in [9.17, 15) is 14.7 Å². The normalized spacial score (nSPS) is 16.8. The summed E-state index contributed by atoms with van der Waals surface area (Å²) < 4.78 is 16.2. The van der Waals surface area contributed by atoms with E-state index in [1.165, 1.54) is 30.7 Å². The van der Waals surface area contributed by atoms with Crippen molar-refractivity contribution in [3.8, 4) is 11.5 Å². The Balaban J connectivity index is 1.67. The number of hydrogen-bond donors (Lipinski definition) is 1. The Hall–Kier alpha value is -3.81. The van der Waals surface area contributed by atoms with Gasteiger partial charge in [0.05, 0.1) is 30.4 Å². The number of methoxy groups -OCH3 is 2. The van der Waals surface area contributed by atoms with Gasteiger partial charge in [-0.15, -0.1) is 0 Å². The molecule has 1 aliphatic rings. The molecule has 37 heavy (non-hydrogen) atoms. The summed E-state index contributed by atoms with van der Waals surface area (Å²) in [4.78, 5) is 27.5. The van der Waals surface area contributed by atoms with Crippen LogP contribution in [0, 0.1) is 6.92 Å². The number of rotatable bonds is 9. The molecule has 3 aromatic carbocycles. The van der Waals surface area contributed by atoms with Crippen LogP contribution >= 0.6 is 11.6 Å². The topological polar surface area (TPSA) is 85.3 Å². The zero-order valence-corrected chi connectivity index (χ0v) is 21.6. The fourth-order valence-corrected chi connectivity index (χ4v) is 4.47.